The Hall–Kier alpha value is -3.15. The number of methoxy groups -OCH3 is 4. The average molecular weight is 342 g/mol. The summed E-state index contributed by atoms with van der Waals surface area (Å²) in [4.78, 5) is 12.6. The van der Waals surface area contributed by atoms with Gasteiger partial charge >= 0.3 is 0 Å². The molecule has 3 aromatic rings. The first kappa shape index (κ1) is 16.7. The van der Waals surface area contributed by atoms with Gasteiger partial charge in [0.25, 0.3) is 0 Å². The summed E-state index contributed by atoms with van der Waals surface area (Å²) < 4.78 is 27.4. The fourth-order valence-electron chi connectivity index (χ4n) is 2.74. The maximum absolute atomic E-state index is 12.6. The van der Waals surface area contributed by atoms with Crippen LogP contribution in [0.1, 0.15) is 0 Å². The third-order valence-corrected chi connectivity index (χ3v) is 3.91. The second-order valence-electron chi connectivity index (χ2n) is 5.19. The van der Waals surface area contributed by atoms with Crippen molar-refractivity contribution < 1.29 is 23.4 Å². The normalized spacial score (nSPS) is 10.6. The predicted molar refractivity (Wildman–Crippen MR) is 94.1 cm³/mol. The van der Waals surface area contributed by atoms with Crippen molar-refractivity contribution >= 4 is 11.0 Å². The quantitative estimate of drug-likeness (QED) is 0.707. The lowest BCUT2D eigenvalue weighted by Crippen LogP contribution is -2.03. The van der Waals surface area contributed by atoms with Crippen molar-refractivity contribution in [3.63, 3.8) is 0 Å². The molecule has 0 bridgehead atoms. The Morgan fingerprint density at radius 3 is 2.12 bits per heavy atom. The zero-order valence-electron chi connectivity index (χ0n) is 14.4. The molecule has 0 fully saturated rings. The second kappa shape index (κ2) is 6.76. The lowest BCUT2D eigenvalue weighted by molar-refractivity contribution is 0.352. The van der Waals surface area contributed by atoms with Crippen LogP contribution in [0, 0.1) is 0 Å². The van der Waals surface area contributed by atoms with Crippen molar-refractivity contribution in [1.82, 2.24) is 0 Å². The fraction of sp³-hybridized carbons (Fsp3) is 0.211. The van der Waals surface area contributed by atoms with Gasteiger partial charge in [-0.15, -0.1) is 0 Å². The summed E-state index contributed by atoms with van der Waals surface area (Å²) in [5, 5.41) is 0.406. The molecule has 1 aromatic heterocycles. The molecule has 130 valence electrons. The number of para-hydroxylation sites is 1. The van der Waals surface area contributed by atoms with Crippen molar-refractivity contribution in [2.75, 3.05) is 28.4 Å². The van der Waals surface area contributed by atoms with Crippen molar-refractivity contribution in [1.29, 1.82) is 0 Å². The molecule has 0 aliphatic heterocycles. The van der Waals surface area contributed by atoms with Crippen molar-refractivity contribution in [3.8, 4) is 34.3 Å². The van der Waals surface area contributed by atoms with Crippen LogP contribution in [0.2, 0.25) is 0 Å². The largest absolute Gasteiger partial charge is 0.493 e. The monoisotopic (exact) mass is 342 g/mol. The number of benzene rings is 2. The highest BCUT2D eigenvalue weighted by Crippen LogP contribution is 2.40. The van der Waals surface area contributed by atoms with E-state index in [1.165, 1.54) is 27.4 Å². The predicted octanol–water partition coefficient (Wildman–Crippen LogP) is 3.49. The number of fused-ring (bicyclic) bond motifs is 1. The molecule has 0 atom stereocenters. The van der Waals surface area contributed by atoms with Crippen molar-refractivity contribution in [3.05, 3.63) is 46.6 Å². The highest BCUT2D eigenvalue weighted by molar-refractivity contribution is 5.87. The summed E-state index contributed by atoms with van der Waals surface area (Å²) in [5.41, 5.74) is 0.724. The molecule has 0 aliphatic rings. The van der Waals surface area contributed by atoms with Gasteiger partial charge in [-0.25, -0.2) is 0 Å². The summed E-state index contributed by atoms with van der Waals surface area (Å²) in [7, 11) is 6.10. The Labute approximate surface area is 144 Å². The maximum atomic E-state index is 12.6. The minimum Gasteiger partial charge on any atom is -0.493 e. The van der Waals surface area contributed by atoms with E-state index in [0.717, 1.165) is 0 Å². The van der Waals surface area contributed by atoms with E-state index in [1.54, 1.807) is 37.4 Å². The van der Waals surface area contributed by atoms with Gasteiger partial charge in [-0.2, -0.15) is 0 Å². The molecule has 0 radical (unpaired) electrons. The molecule has 6 heteroatoms. The molecule has 0 N–H and O–H groups in total. The van der Waals surface area contributed by atoms with Crippen LogP contribution < -0.4 is 24.4 Å². The first-order chi connectivity index (χ1) is 12.1. The average Bonchev–Trinajstić information content (AvgIpc) is 2.65. The lowest BCUT2D eigenvalue weighted by atomic mass is 10.1. The van der Waals surface area contributed by atoms with Crippen molar-refractivity contribution in [2.45, 2.75) is 0 Å². The van der Waals surface area contributed by atoms with E-state index in [2.05, 4.69) is 0 Å². The van der Waals surface area contributed by atoms with E-state index < -0.39 is 0 Å². The molecule has 0 amide bonds. The first-order valence-corrected chi connectivity index (χ1v) is 7.54. The van der Waals surface area contributed by atoms with Gasteiger partial charge in [0.05, 0.1) is 39.4 Å². The Kier molecular flexibility index (Phi) is 4.52. The molecule has 1 heterocycles. The second-order valence-corrected chi connectivity index (χ2v) is 5.19. The Bertz CT molecular complexity index is 974. The summed E-state index contributed by atoms with van der Waals surface area (Å²) >= 11 is 0. The smallest absolute Gasteiger partial charge is 0.204 e. The number of rotatable bonds is 5. The van der Waals surface area contributed by atoms with Gasteiger partial charge in [-0.3, -0.25) is 4.79 Å². The molecule has 0 spiro atoms. The van der Waals surface area contributed by atoms with Gasteiger partial charge in [-0.1, -0.05) is 6.07 Å². The molecule has 0 saturated heterocycles. The highest BCUT2D eigenvalue weighted by Gasteiger charge is 2.18. The summed E-state index contributed by atoms with van der Waals surface area (Å²) in [6.45, 7) is 0. The number of hydrogen-bond donors (Lipinski definition) is 0. The Morgan fingerprint density at radius 1 is 0.800 bits per heavy atom. The molecule has 3 rings (SSSR count). The fourth-order valence-corrected chi connectivity index (χ4v) is 2.74. The number of ether oxygens (including phenoxy) is 4. The van der Waals surface area contributed by atoms with E-state index in [0.29, 0.717) is 45.3 Å². The van der Waals surface area contributed by atoms with E-state index in [9.17, 15) is 4.79 Å². The van der Waals surface area contributed by atoms with Gasteiger partial charge in [-0.05, 0) is 24.3 Å². The Balaban J connectivity index is 2.34. The third-order valence-electron chi connectivity index (χ3n) is 3.91. The SMILES string of the molecule is COc1cccc(-c2cc(=O)c3ccc(OC)c(OC)c3o2)c1OC. The van der Waals surface area contributed by atoms with Crippen LogP contribution in [-0.2, 0) is 0 Å². The van der Waals surface area contributed by atoms with Crippen LogP contribution in [0.5, 0.6) is 23.0 Å². The summed E-state index contributed by atoms with van der Waals surface area (Å²) in [6.07, 6.45) is 0. The molecular formula is C19H18O6. The van der Waals surface area contributed by atoms with Crippen LogP contribution >= 0.6 is 0 Å². The van der Waals surface area contributed by atoms with Crippen LogP contribution in [-0.4, -0.2) is 28.4 Å². The standard InChI is InChI=1S/C19H18O6/c1-21-14-7-5-6-12(17(14)23-3)16-10-13(20)11-8-9-15(22-2)19(24-4)18(11)25-16/h5-10H,1-4H3. The number of hydrogen-bond acceptors (Lipinski definition) is 6. The van der Waals surface area contributed by atoms with Gasteiger partial charge in [0, 0.05) is 6.07 Å². The summed E-state index contributed by atoms with van der Waals surface area (Å²) in [5.74, 6) is 2.21. The zero-order valence-corrected chi connectivity index (χ0v) is 14.4. The molecular weight excluding hydrogens is 324 g/mol. The lowest BCUT2D eigenvalue weighted by Gasteiger charge is -2.13. The third kappa shape index (κ3) is 2.76. The minimum absolute atomic E-state index is 0.193. The first-order valence-electron chi connectivity index (χ1n) is 7.54. The molecule has 2 aromatic carbocycles. The van der Waals surface area contributed by atoms with Crippen LogP contribution in [0.3, 0.4) is 0 Å². The molecule has 6 nitrogen and oxygen atoms in total. The van der Waals surface area contributed by atoms with E-state index >= 15 is 0 Å². The molecule has 0 unspecified atom stereocenters. The van der Waals surface area contributed by atoms with Crippen LogP contribution in [0.25, 0.3) is 22.3 Å². The van der Waals surface area contributed by atoms with Gasteiger partial charge in [0.1, 0.15) is 5.76 Å². The highest BCUT2D eigenvalue weighted by atomic mass is 16.5. The zero-order chi connectivity index (χ0) is 18.0. The Morgan fingerprint density at radius 2 is 1.48 bits per heavy atom. The van der Waals surface area contributed by atoms with E-state index in [-0.39, 0.29) is 5.43 Å². The molecule has 0 saturated carbocycles. The molecule has 25 heavy (non-hydrogen) atoms. The van der Waals surface area contributed by atoms with Gasteiger partial charge < -0.3 is 23.4 Å². The minimum atomic E-state index is -0.193. The van der Waals surface area contributed by atoms with E-state index in [1.807, 2.05) is 0 Å². The van der Waals surface area contributed by atoms with E-state index in [4.69, 9.17) is 23.4 Å². The van der Waals surface area contributed by atoms with Crippen molar-refractivity contribution in [2.24, 2.45) is 0 Å². The summed E-state index contributed by atoms with van der Waals surface area (Å²) in [6, 6.07) is 10.1. The topological polar surface area (TPSA) is 67.1 Å². The van der Waals surface area contributed by atoms with Gasteiger partial charge in [0.15, 0.2) is 28.3 Å². The maximum Gasteiger partial charge on any atom is 0.204 e. The van der Waals surface area contributed by atoms with Gasteiger partial charge in [0.2, 0.25) is 5.75 Å². The molecule has 0 aliphatic carbocycles. The van der Waals surface area contributed by atoms with Crippen LogP contribution in [0.4, 0.5) is 0 Å². The van der Waals surface area contributed by atoms with Crippen LogP contribution in [0.15, 0.2) is 45.6 Å².